The van der Waals surface area contributed by atoms with E-state index in [0.29, 0.717) is 28.4 Å². The molecule has 5 rings (SSSR count). The highest BCUT2D eigenvalue weighted by atomic mass is 35.5. The Kier molecular flexibility index (Phi) is 7.55. The Bertz CT molecular complexity index is 1330. The minimum Gasteiger partial charge on any atom is -0.481 e. The zero-order chi connectivity index (χ0) is 25.8. The molecule has 190 valence electrons. The Hall–Kier alpha value is -3.65. The Morgan fingerprint density at radius 1 is 1.00 bits per heavy atom. The molecule has 7 nitrogen and oxygen atoms in total. The van der Waals surface area contributed by atoms with E-state index in [1.807, 2.05) is 42.5 Å². The van der Waals surface area contributed by atoms with Crippen LogP contribution in [0.5, 0.6) is 0 Å². The van der Waals surface area contributed by atoms with Crippen LogP contribution in [0, 0.1) is 0 Å². The summed E-state index contributed by atoms with van der Waals surface area (Å²) in [6.07, 6.45) is 0.514. The first-order valence-corrected chi connectivity index (χ1v) is 12.7. The van der Waals surface area contributed by atoms with E-state index in [1.54, 1.807) is 12.1 Å². The van der Waals surface area contributed by atoms with Gasteiger partial charge in [0.05, 0.1) is 30.2 Å². The third-order valence-corrected chi connectivity index (χ3v) is 6.81. The van der Waals surface area contributed by atoms with Gasteiger partial charge in [-0.15, -0.1) is 0 Å². The first-order chi connectivity index (χ1) is 18.0. The van der Waals surface area contributed by atoms with Crippen molar-refractivity contribution < 1.29 is 19.4 Å². The molecule has 2 aliphatic heterocycles. The smallest absolute Gasteiger partial charge is 0.303 e. The quantitative estimate of drug-likeness (QED) is 0.359. The van der Waals surface area contributed by atoms with Gasteiger partial charge in [0.1, 0.15) is 0 Å². The van der Waals surface area contributed by atoms with Crippen molar-refractivity contribution in [2.75, 3.05) is 36.9 Å². The molecule has 0 aromatic heterocycles. The number of amides is 1. The summed E-state index contributed by atoms with van der Waals surface area (Å²) in [6, 6.07) is 21.2. The second-order valence-corrected chi connectivity index (χ2v) is 9.63. The zero-order valence-corrected chi connectivity index (χ0v) is 21.1. The number of rotatable bonds is 8. The molecule has 0 saturated carbocycles. The molecule has 1 fully saturated rings. The van der Waals surface area contributed by atoms with Gasteiger partial charge in [0, 0.05) is 42.3 Å². The van der Waals surface area contributed by atoms with Crippen molar-refractivity contribution in [3.63, 3.8) is 0 Å². The Morgan fingerprint density at radius 2 is 1.70 bits per heavy atom. The van der Waals surface area contributed by atoms with Gasteiger partial charge in [-0.1, -0.05) is 54.1 Å². The van der Waals surface area contributed by atoms with E-state index in [2.05, 4.69) is 27.7 Å². The van der Waals surface area contributed by atoms with Gasteiger partial charge in [0.15, 0.2) is 0 Å². The number of ether oxygens (including phenoxy) is 1. The molecule has 1 saturated heterocycles. The maximum atomic E-state index is 13.1. The number of hydrogen-bond donors (Lipinski definition) is 3. The van der Waals surface area contributed by atoms with Crippen molar-refractivity contribution >= 4 is 46.1 Å². The van der Waals surface area contributed by atoms with Crippen LogP contribution < -0.4 is 10.6 Å². The summed E-state index contributed by atoms with van der Waals surface area (Å²) in [7, 11) is 0. The second kappa shape index (κ2) is 11.2. The molecule has 0 spiro atoms. The number of carboxylic acids is 1. The monoisotopic (exact) mass is 517 g/mol. The van der Waals surface area contributed by atoms with Crippen molar-refractivity contribution in [3.8, 4) is 0 Å². The molecule has 2 aliphatic rings. The standard InChI is InChI=1S/C29H28ClN3O4/c30-22-8-11-24-25(17-22)32-29(36)27(24)28(21-6-1-19(2-7-21)5-12-26(34)35)31-23-9-3-20(4-10-23)18-33-13-15-37-16-14-33/h1-4,6-11,17,31H,5,12-16,18H2,(H,32,36)(H,34,35). The lowest BCUT2D eigenvalue weighted by molar-refractivity contribution is -0.137. The summed E-state index contributed by atoms with van der Waals surface area (Å²) < 4.78 is 5.44. The maximum Gasteiger partial charge on any atom is 0.303 e. The SMILES string of the molecule is O=C(O)CCc1ccc(C(Nc2ccc(CN3CCOCC3)cc2)=C2C(=O)Nc3cc(Cl)ccc32)cc1. The highest BCUT2D eigenvalue weighted by molar-refractivity contribution is 6.38. The zero-order valence-electron chi connectivity index (χ0n) is 20.3. The fourth-order valence-electron chi connectivity index (χ4n) is 4.62. The summed E-state index contributed by atoms with van der Waals surface area (Å²) in [5, 5.41) is 16.0. The van der Waals surface area contributed by atoms with Crippen LogP contribution in [0.25, 0.3) is 11.3 Å². The summed E-state index contributed by atoms with van der Waals surface area (Å²) in [5.74, 6) is -1.04. The number of halogens is 1. The number of carbonyl (C=O) groups is 2. The summed E-state index contributed by atoms with van der Waals surface area (Å²) in [5.41, 5.74) is 6.46. The number of aryl methyl sites for hydroxylation is 1. The maximum absolute atomic E-state index is 13.1. The molecule has 3 aromatic rings. The van der Waals surface area contributed by atoms with Gasteiger partial charge in [-0.05, 0) is 47.4 Å². The summed E-state index contributed by atoms with van der Waals surface area (Å²) in [4.78, 5) is 26.5. The molecular formula is C29H28ClN3O4. The number of carboxylic acid groups (broad SMARTS) is 1. The molecule has 0 atom stereocenters. The highest BCUT2D eigenvalue weighted by Gasteiger charge is 2.28. The minimum atomic E-state index is -0.830. The lowest BCUT2D eigenvalue weighted by atomic mass is 9.98. The van der Waals surface area contributed by atoms with Crippen molar-refractivity contribution in [2.24, 2.45) is 0 Å². The number of aliphatic carboxylic acids is 1. The number of nitrogens with one attached hydrogen (secondary N) is 2. The van der Waals surface area contributed by atoms with Crippen molar-refractivity contribution in [3.05, 3.63) is 94.0 Å². The van der Waals surface area contributed by atoms with Crippen LogP contribution in [-0.2, 0) is 27.3 Å². The molecule has 0 aliphatic carbocycles. The van der Waals surface area contributed by atoms with E-state index >= 15 is 0 Å². The van der Waals surface area contributed by atoms with Crippen molar-refractivity contribution in [2.45, 2.75) is 19.4 Å². The molecule has 0 radical (unpaired) electrons. The normalized spacial score (nSPS) is 16.7. The molecule has 2 heterocycles. The third-order valence-electron chi connectivity index (χ3n) is 6.58. The molecular weight excluding hydrogens is 490 g/mol. The van der Waals surface area contributed by atoms with Gasteiger partial charge in [-0.2, -0.15) is 0 Å². The topological polar surface area (TPSA) is 90.9 Å². The number of morpholine rings is 1. The van der Waals surface area contributed by atoms with Gasteiger partial charge >= 0.3 is 5.97 Å². The van der Waals surface area contributed by atoms with E-state index < -0.39 is 5.97 Å². The Morgan fingerprint density at radius 3 is 2.41 bits per heavy atom. The number of nitrogens with zero attached hydrogens (tertiary/aromatic N) is 1. The highest BCUT2D eigenvalue weighted by Crippen LogP contribution is 2.38. The number of hydrogen-bond acceptors (Lipinski definition) is 5. The molecule has 8 heteroatoms. The fraction of sp³-hybridized carbons (Fsp3) is 0.241. The second-order valence-electron chi connectivity index (χ2n) is 9.20. The molecule has 37 heavy (non-hydrogen) atoms. The fourth-order valence-corrected chi connectivity index (χ4v) is 4.79. The van der Waals surface area contributed by atoms with E-state index in [4.69, 9.17) is 21.4 Å². The number of benzene rings is 3. The van der Waals surface area contributed by atoms with E-state index in [9.17, 15) is 9.59 Å². The van der Waals surface area contributed by atoms with Crippen molar-refractivity contribution in [1.82, 2.24) is 4.90 Å². The molecule has 3 N–H and O–H groups in total. The molecule has 0 bridgehead atoms. The molecule has 0 unspecified atom stereocenters. The first kappa shape index (κ1) is 25.0. The average molecular weight is 518 g/mol. The predicted molar refractivity (Wildman–Crippen MR) is 145 cm³/mol. The van der Waals surface area contributed by atoms with Crippen LogP contribution in [0.1, 0.15) is 28.7 Å². The Balaban J connectivity index is 1.46. The van der Waals surface area contributed by atoms with Gasteiger partial charge in [-0.25, -0.2) is 0 Å². The van der Waals surface area contributed by atoms with Gasteiger partial charge in [-0.3, -0.25) is 14.5 Å². The van der Waals surface area contributed by atoms with Crippen LogP contribution in [0.3, 0.4) is 0 Å². The van der Waals surface area contributed by atoms with Crippen LogP contribution in [0.4, 0.5) is 11.4 Å². The summed E-state index contributed by atoms with van der Waals surface area (Å²) >= 11 is 6.16. The molecule has 3 aromatic carbocycles. The van der Waals surface area contributed by atoms with E-state index in [1.165, 1.54) is 5.56 Å². The van der Waals surface area contributed by atoms with Crippen LogP contribution in [-0.4, -0.2) is 48.2 Å². The average Bonchev–Trinajstić information content (AvgIpc) is 3.22. The first-order valence-electron chi connectivity index (χ1n) is 12.3. The largest absolute Gasteiger partial charge is 0.481 e. The number of carbonyl (C=O) groups excluding carboxylic acids is 1. The lowest BCUT2D eigenvalue weighted by Gasteiger charge is -2.26. The van der Waals surface area contributed by atoms with Gasteiger partial charge in [0.2, 0.25) is 0 Å². The predicted octanol–water partition coefficient (Wildman–Crippen LogP) is 5.12. The number of fused-ring (bicyclic) bond motifs is 1. The summed E-state index contributed by atoms with van der Waals surface area (Å²) in [6.45, 7) is 4.25. The molecule has 1 amide bonds. The van der Waals surface area contributed by atoms with E-state index in [-0.39, 0.29) is 12.3 Å². The third kappa shape index (κ3) is 6.02. The number of anilines is 2. The van der Waals surface area contributed by atoms with Gasteiger partial charge < -0.3 is 20.5 Å². The van der Waals surface area contributed by atoms with Gasteiger partial charge in [0.25, 0.3) is 5.91 Å². The van der Waals surface area contributed by atoms with Crippen LogP contribution >= 0.6 is 11.6 Å². The van der Waals surface area contributed by atoms with Crippen LogP contribution in [0.15, 0.2) is 66.7 Å². The van der Waals surface area contributed by atoms with Crippen LogP contribution in [0.2, 0.25) is 5.02 Å². The Labute approximate surface area is 220 Å². The van der Waals surface area contributed by atoms with Crippen molar-refractivity contribution in [1.29, 1.82) is 0 Å². The van der Waals surface area contributed by atoms with E-state index in [0.717, 1.165) is 55.2 Å². The lowest BCUT2D eigenvalue weighted by Crippen LogP contribution is -2.35. The minimum absolute atomic E-state index is 0.0683.